The predicted octanol–water partition coefficient (Wildman–Crippen LogP) is 2.73. The molecule has 3 N–H and O–H groups in total. The van der Waals surface area contributed by atoms with Crippen LogP contribution in [0, 0.1) is 23.2 Å². The van der Waals surface area contributed by atoms with Crippen molar-refractivity contribution < 1.29 is 10.2 Å². The molecule has 2 aromatic rings. The van der Waals surface area contributed by atoms with Crippen LogP contribution in [0.5, 0.6) is 0 Å². The topological polar surface area (TPSA) is 96.1 Å². The van der Waals surface area contributed by atoms with Crippen molar-refractivity contribution in [2.24, 2.45) is 23.2 Å². The largest absolute Gasteiger partial charge is 0.390 e. The van der Waals surface area contributed by atoms with Gasteiger partial charge in [0.1, 0.15) is 6.10 Å². The lowest BCUT2D eigenvalue weighted by molar-refractivity contribution is -0.0126. The van der Waals surface area contributed by atoms with Crippen molar-refractivity contribution in [1.82, 2.24) is 19.5 Å². The lowest BCUT2D eigenvalue weighted by Crippen LogP contribution is -2.35. The third-order valence-electron chi connectivity index (χ3n) is 7.54. The van der Waals surface area contributed by atoms with Crippen LogP contribution in [0.25, 0.3) is 11.2 Å². The van der Waals surface area contributed by atoms with Gasteiger partial charge in [-0.15, -0.1) is 0 Å². The molecule has 0 saturated heterocycles. The van der Waals surface area contributed by atoms with Crippen molar-refractivity contribution >= 4 is 40.3 Å². The van der Waals surface area contributed by atoms with Gasteiger partial charge in [-0.1, -0.05) is 0 Å². The van der Waals surface area contributed by atoms with E-state index < -0.39 is 12.2 Å². The first-order chi connectivity index (χ1) is 14.0. The Labute approximate surface area is 178 Å². The Bertz CT molecular complexity index is 952. The molecule has 0 unspecified atom stereocenters. The number of aromatic nitrogens is 4. The molecule has 0 radical (unpaired) electrons. The molecule has 4 aliphatic rings. The van der Waals surface area contributed by atoms with Crippen LogP contribution < -0.4 is 5.32 Å². The zero-order valence-corrected chi connectivity index (χ0v) is 17.9. The maximum Gasteiger partial charge on any atom is 0.226 e. The fraction of sp³-hybridized carbons (Fsp3) is 0.750. The SMILES string of the molecule is CSC[C@@]12C[C@@H]1[C@@H](n1cnc3c(NC(C4CC4)C4CC4)nc(Cl)nc31)[C@H](O)[C@@H]2O. The minimum absolute atomic E-state index is 0.186. The van der Waals surface area contributed by atoms with Crippen molar-refractivity contribution in [3.63, 3.8) is 0 Å². The van der Waals surface area contributed by atoms with Crippen LogP contribution in [0.3, 0.4) is 0 Å². The number of imidazole rings is 1. The number of hydrogen-bond donors (Lipinski definition) is 3. The summed E-state index contributed by atoms with van der Waals surface area (Å²) in [5.74, 6) is 3.22. The van der Waals surface area contributed by atoms with E-state index >= 15 is 0 Å². The van der Waals surface area contributed by atoms with E-state index in [1.165, 1.54) is 25.7 Å². The third-order valence-corrected chi connectivity index (χ3v) is 8.54. The molecule has 2 aromatic heterocycles. The number of halogens is 1. The van der Waals surface area contributed by atoms with E-state index in [-0.39, 0.29) is 22.7 Å². The number of nitrogens with zero attached hydrogens (tertiary/aromatic N) is 4. The van der Waals surface area contributed by atoms with Crippen molar-refractivity contribution in [1.29, 1.82) is 0 Å². The number of aliphatic hydroxyl groups excluding tert-OH is 2. The molecule has 5 atom stereocenters. The molecule has 0 spiro atoms. The standard InChI is InChI=1S/C20H26ClN5O2S/c1-29-7-20-6-11(20)14(15(27)16(20)28)26-8-22-13-17(24-19(21)25-18(13)26)23-12(9-2-3-9)10-4-5-10/h8-12,14-16,27-28H,2-7H2,1H3,(H,23,24,25)/t11-,14-,15+,16+,20+/m1/s1. The molecular weight excluding hydrogens is 410 g/mol. The third kappa shape index (κ3) is 2.82. The average Bonchev–Trinajstić information content (AvgIpc) is 3.57. The number of nitrogens with one attached hydrogen (secondary N) is 1. The van der Waals surface area contributed by atoms with Gasteiger partial charge in [0.15, 0.2) is 17.0 Å². The van der Waals surface area contributed by atoms with Crippen LogP contribution in [0.4, 0.5) is 5.82 Å². The molecule has 0 bridgehead atoms. The van der Waals surface area contributed by atoms with Gasteiger partial charge in [-0.25, -0.2) is 4.98 Å². The monoisotopic (exact) mass is 435 g/mol. The summed E-state index contributed by atoms with van der Waals surface area (Å²) in [6.45, 7) is 0. The van der Waals surface area contributed by atoms with Crippen LogP contribution in [-0.2, 0) is 0 Å². The fourth-order valence-corrected chi connectivity index (χ4v) is 6.90. The van der Waals surface area contributed by atoms with Crippen LogP contribution in [-0.4, -0.2) is 60.0 Å². The van der Waals surface area contributed by atoms with Crippen LogP contribution in [0.15, 0.2) is 6.33 Å². The van der Waals surface area contributed by atoms with Gasteiger partial charge in [0.2, 0.25) is 5.28 Å². The van der Waals surface area contributed by atoms with E-state index in [1.54, 1.807) is 18.1 Å². The summed E-state index contributed by atoms with van der Waals surface area (Å²) in [6.07, 6.45) is 8.26. The molecule has 4 fully saturated rings. The Kier molecular flexibility index (Phi) is 4.15. The first kappa shape index (κ1) is 18.7. The summed E-state index contributed by atoms with van der Waals surface area (Å²) < 4.78 is 1.92. The first-order valence-corrected chi connectivity index (χ1v) is 12.3. The Hall–Kier alpha value is -1.09. The second kappa shape index (κ2) is 6.45. The zero-order valence-electron chi connectivity index (χ0n) is 16.3. The van der Waals surface area contributed by atoms with Gasteiger partial charge in [0.25, 0.3) is 0 Å². The molecule has 9 heteroatoms. The number of hydrogen-bond acceptors (Lipinski definition) is 7. The zero-order chi connectivity index (χ0) is 19.9. The molecule has 6 rings (SSSR count). The Balaban J connectivity index is 1.37. The van der Waals surface area contributed by atoms with Crippen LogP contribution >= 0.6 is 23.4 Å². The average molecular weight is 436 g/mol. The maximum absolute atomic E-state index is 10.8. The predicted molar refractivity (Wildman–Crippen MR) is 113 cm³/mol. The van der Waals surface area contributed by atoms with E-state index in [9.17, 15) is 10.2 Å². The van der Waals surface area contributed by atoms with E-state index in [2.05, 4.69) is 20.3 Å². The Morgan fingerprint density at radius 3 is 2.66 bits per heavy atom. The molecule has 0 aromatic carbocycles. The molecule has 4 aliphatic carbocycles. The number of aliphatic hydroxyl groups is 2. The van der Waals surface area contributed by atoms with E-state index in [1.807, 2.05) is 10.8 Å². The van der Waals surface area contributed by atoms with E-state index in [4.69, 9.17) is 11.6 Å². The number of thioether (sulfide) groups is 1. The number of fused-ring (bicyclic) bond motifs is 2. The van der Waals surface area contributed by atoms with Gasteiger partial charge < -0.3 is 20.1 Å². The van der Waals surface area contributed by atoms with Gasteiger partial charge in [-0.3, -0.25) is 0 Å². The van der Waals surface area contributed by atoms with E-state index in [0.29, 0.717) is 23.0 Å². The molecule has 156 valence electrons. The molecule has 7 nitrogen and oxygen atoms in total. The molecule has 0 amide bonds. The molecule has 2 heterocycles. The quantitative estimate of drug-likeness (QED) is 0.575. The maximum atomic E-state index is 10.8. The molecule has 4 saturated carbocycles. The summed E-state index contributed by atoms with van der Waals surface area (Å²) in [4.78, 5) is 13.5. The van der Waals surface area contributed by atoms with Gasteiger partial charge in [0, 0.05) is 17.2 Å². The van der Waals surface area contributed by atoms with Gasteiger partial charge >= 0.3 is 0 Å². The highest BCUT2D eigenvalue weighted by molar-refractivity contribution is 7.98. The van der Waals surface area contributed by atoms with Crippen molar-refractivity contribution in [3.8, 4) is 0 Å². The van der Waals surface area contributed by atoms with Crippen LogP contribution in [0.1, 0.15) is 38.1 Å². The summed E-state index contributed by atoms with van der Waals surface area (Å²) in [5, 5.41) is 25.4. The van der Waals surface area contributed by atoms with Gasteiger partial charge in [0.05, 0.1) is 18.5 Å². The minimum Gasteiger partial charge on any atom is -0.390 e. The fourth-order valence-electron chi connectivity index (χ4n) is 5.69. The lowest BCUT2D eigenvalue weighted by Gasteiger charge is -2.24. The van der Waals surface area contributed by atoms with Crippen LogP contribution in [0.2, 0.25) is 5.28 Å². The summed E-state index contributed by atoms with van der Waals surface area (Å²) in [7, 11) is 0. The summed E-state index contributed by atoms with van der Waals surface area (Å²) in [5.41, 5.74) is 1.15. The first-order valence-electron chi connectivity index (χ1n) is 10.5. The molecule has 29 heavy (non-hydrogen) atoms. The van der Waals surface area contributed by atoms with Crippen molar-refractivity contribution in [3.05, 3.63) is 11.6 Å². The molecular formula is C20H26ClN5O2S. The minimum atomic E-state index is -0.825. The Morgan fingerprint density at radius 1 is 1.28 bits per heavy atom. The summed E-state index contributed by atoms with van der Waals surface area (Å²) >= 11 is 8.03. The molecule has 0 aliphatic heterocycles. The Morgan fingerprint density at radius 2 is 2.00 bits per heavy atom. The highest BCUT2D eigenvalue weighted by atomic mass is 35.5. The van der Waals surface area contributed by atoms with Gasteiger partial charge in [-0.05, 0) is 67.7 Å². The summed E-state index contributed by atoms with van der Waals surface area (Å²) in [6, 6.07) is 0.203. The van der Waals surface area contributed by atoms with E-state index in [0.717, 1.165) is 24.0 Å². The number of anilines is 1. The van der Waals surface area contributed by atoms with Crippen molar-refractivity contribution in [2.45, 2.75) is 56.4 Å². The highest BCUT2D eigenvalue weighted by Gasteiger charge is 2.71. The second-order valence-corrected chi connectivity index (χ2v) is 10.6. The normalized spacial score (nSPS) is 36.0. The second-order valence-electron chi connectivity index (χ2n) is 9.41. The van der Waals surface area contributed by atoms with Gasteiger partial charge in [-0.2, -0.15) is 21.7 Å². The smallest absolute Gasteiger partial charge is 0.226 e. The number of rotatable bonds is 7. The lowest BCUT2D eigenvalue weighted by atomic mass is 10.0. The highest BCUT2D eigenvalue weighted by Crippen LogP contribution is 2.68. The van der Waals surface area contributed by atoms with Crippen molar-refractivity contribution in [2.75, 3.05) is 17.3 Å².